The fraction of sp³-hybridized carbons (Fsp3) is 0.571. The van der Waals surface area contributed by atoms with E-state index in [1.54, 1.807) is 12.1 Å². The average molecular weight is 251 g/mol. The highest BCUT2D eigenvalue weighted by molar-refractivity contribution is 5.32. The summed E-state index contributed by atoms with van der Waals surface area (Å²) in [7, 11) is 0. The Balaban J connectivity index is 2.14. The van der Waals surface area contributed by atoms with Crippen LogP contribution in [0.15, 0.2) is 24.3 Å². The van der Waals surface area contributed by atoms with Gasteiger partial charge in [-0.15, -0.1) is 0 Å². The molecule has 0 heterocycles. The minimum Gasteiger partial charge on any atom is -0.396 e. The molecule has 0 unspecified atom stereocenters. The van der Waals surface area contributed by atoms with Gasteiger partial charge in [0.05, 0.1) is 4.92 Å². The van der Waals surface area contributed by atoms with E-state index in [0.29, 0.717) is 6.61 Å². The van der Waals surface area contributed by atoms with Crippen LogP contribution in [0, 0.1) is 10.1 Å². The summed E-state index contributed by atoms with van der Waals surface area (Å²) < 4.78 is 0. The van der Waals surface area contributed by atoms with Crippen molar-refractivity contribution in [1.29, 1.82) is 0 Å². The van der Waals surface area contributed by atoms with Crippen LogP contribution in [0.1, 0.15) is 44.1 Å². The first-order chi connectivity index (χ1) is 8.74. The number of rotatable bonds is 9. The highest BCUT2D eigenvalue weighted by Gasteiger charge is 2.03. The van der Waals surface area contributed by atoms with Crippen molar-refractivity contribution in [3.05, 3.63) is 39.9 Å². The molecule has 0 fully saturated rings. The number of nitro benzene ring substituents is 1. The molecule has 0 amide bonds. The second kappa shape index (κ2) is 8.64. The minimum atomic E-state index is -0.370. The maximum atomic E-state index is 10.5. The maximum absolute atomic E-state index is 10.5. The summed E-state index contributed by atoms with van der Waals surface area (Å²) in [4.78, 5) is 10.1. The second-order valence-electron chi connectivity index (χ2n) is 4.52. The molecule has 0 saturated carbocycles. The van der Waals surface area contributed by atoms with Crippen LogP contribution >= 0.6 is 0 Å². The molecule has 100 valence electrons. The molecule has 4 heteroatoms. The summed E-state index contributed by atoms with van der Waals surface area (Å²) >= 11 is 0. The standard InChI is InChI=1S/C14H21NO3/c16-12-6-4-2-1-3-5-7-13-8-10-14(11-9-13)15(17)18/h8-11,16H,1-7,12H2. The van der Waals surface area contributed by atoms with E-state index in [1.807, 2.05) is 12.1 Å². The number of aliphatic hydroxyl groups excluding tert-OH is 1. The van der Waals surface area contributed by atoms with Crippen LogP contribution in [0.25, 0.3) is 0 Å². The number of hydrogen-bond acceptors (Lipinski definition) is 3. The molecule has 0 aliphatic rings. The van der Waals surface area contributed by atoms with Gasteiger partial charge in [0.25, 0.3) is 5.69 Å². The van der Waals surface area contributed by atoms with E-state index in [4.69, 9.17) is 5.11 Å². The van der Waals surface area contributed by atoms with Gasteiger partial charge < -0.3 is 5.11 Å². The van der Waals surface area contributed by atoms with Crippen molar-refractivity contribution < 1.29 is 10.0 Å². The van der Waals surface area contributed by atoms with Crippen molar-refractivity contribution in [2.45, 2.75) is 44.9 Å². The molecule has 0 saturated heterocycles. The van der Waals surface area contributed by atoms with Gasteiger partial charge >= 0.3 is 0 Å². The van der Waals surface area contributed by atoms with Crippen LogP contribution in [0.3, 0.4) is 0 Å². The Bertz CT molecular complexity index is 349. The number of benzene rings is 1. The van der Waals surface area contributed by atoms with Gasteiger partial charge in [0.1, 0.15) is 0 Å². The highest BCUT2D eigenvalue weighted by Crippen LogP contribution is 2.14. The van der Waals surface area contributed by atoms with Gasteiger partial charge in [0.2, 0.25) is 0 Å². The predicted octanol–water partition coefficient (Wildman–Crippen LogP) is 3.47. The van der Waals surface area contributed by atoms with Crippen molar-refractivity contribution in [2.24, 2.45) is 0 Å². The van der Waals surface area contributed by atoms with Crippen molar-refractivity contribution in [3.8, 4) is 0 Å². The smallest absolute Gasteiger partial charge is 0.269 e. The molecule has 0 radical (unpaired) electrons. The van der Waals surface area contributed by atoms with Crippen molar-refractivity contribution in [2.75, 3.05) is 6.61 Å². The van der Waals surface area contributed by atoms with Gasteiger partial charge in [0, 0.05) is 18.7 Å². The third-order valence-electron chi connectivity index (χ3n) is 3.02. The fourth-order valence-corrected chi connectivity index (χ4v) is 1.93. The summed E-state index contributed by atoms with van der Waals surface area (Å²) in [5.74, 6) is 0. The molecule has 0 aliphatic heterocycles. The third kappa shape index (κ3) is 5.77. The molecule has 1 aromatic rings. The number of non-ortho nitro benzene ring substituents is 1. The number of aryl methyl sites for hydroxylation is 1. The first kappa shape index (κ1) is 14.6. The number of unbranched alkanes of at least 4 members (excludes halogenated alkanes) is 5. The normalized spacial score (nSPS) is 10.5. The molecule has 0 aromatic heterocycles. The van der Waals surface area contributed by atoms with Crippen LogP contribution in [-0.2, 0) is 6.42 Å². The SMILES string of the molecule is O=[N+]([O-])c1ccc(CCCCCCCCO)cc1. The quantitative estimate of drug-likeness (QED) is 0.415. The Morgan fingerprint density at radius 3 is 2.06 bits per heavy atom. The molecular weight excluding hydrogens is 230 g/mol. The van der Waals surface area contributed by atoms with Crippen LogP contribution in [0.2, 0.25) is 0 Å². The van der Waals surface area contributed by atoms with E-state index < -0.39 is 0 Å². The Morgan fingerprint density at radius 1 is 0.944 bits per heavy atom. The van der Waals surface area contributed by atoms with Gasteiger partial charge in [-0.2, -0.15) is 0 Å². The molecule has 1 rings (SSSR count). The Labute approximate surface area is 108 Å². The molecule has 4 nitrogen and oxygen atoms in total. The largest absolute Gasteiger partial charge is 0.396 e. The van der Waals surface area contributed by atoms with E-state index in [-0.39, 0.29) is 10.6 Å². The molecule has 0 spiro atoms. The molecule has 0 bridgehead atoms. The lowest BCUT2D eigenvalue weighted by atomic mass is 10.0. The number of aliphatic hydroxyl groups is 1. The molecular formula is C14H21NO3. The lowest BCUT2D eigenvalue weighted by Crippen LogP contribution is -1.90. The Morgan fingerprint density at radius 2 is 1.50 bits per heavy atom. The molecule has 18 heavy (non-hydrogen) atoms. The summed E-state index contributed by atoms with van der Waals surface area (Å²) in [6.45, 7) is 0.294. The number of nitro groups is 1. The minimum absolute atomic E-state index is 0.155. The van der Waals surface area contributed by atoms with Crippen molar-refractivity contribution >= 4 is 5.69 Å². The van der Waals surface area contributed by atoms with Crippen LogP contribution in [-0.4, -0.2) is 16.6 Å². The van der Waals surface area contributed by atoms with Crippen LogP contribution in [0.5, 0.6) is 0 Å². The van der Waals surface area contributed by atoms with Gasteiger partial charge in [-0.1, -0.05) is 37.8 Å². The summed E-state index contributed by atoms with van der Waals surface area (Å²) in [5, 5.41) is 19.1. The molecule has 1 aromatic carbocycles. The zero-order valence-electron chi connectivity index (χ0n) is 10.7. The van der Waals surface area contributed by atoms with E-state index >= 15 is 0 Å². The first-order valence-electron chi connectivity index (χ1n) is 6.58. The van der Waals surface area contributed by atoms with Crippen molar-refractivity contribution in [3.63, 3.8) is 0 Å². The van der Waals surface area contributed by atoms with Crippen LogP contribution < -0.4 is 0 Å². The molecule has 1 N–H and O–H groups in total. The van der Waals surface area contributed by atoms with Gasteiger partial charge in [-0.25, -0.2) is 0 Å². The second-order valence-corrected chi connectivity index (χ2v) is 4.52. The number of nitrogens with zero attached hydrogens (tertiary/aromatic N) is 1. The van der Waals surface area contributed by atoms with Gasteiger partial charge in [-0.3, -0.25) is 10.1 Å². The van der Waals surface area contributed by atoms with Crippen LogP contribution in [0.4, 0.5) is 5.69 Å². The summed E-state index contributed by atoms with van der Waals surface area (Å²) in [5.41, 5.74) is 1.32. The summed E-state index contributed by atoms with van der Waals surface area (Å²) in [6, 6.07) is 6.81. The zero-order chi connectivity index (χ0) is 13.2. The lowest BCUT2D eigenvalue weighted by molar-refractivity contribution is -0.384. The topological polar surface area (TPSA) is 63.4 Å². The average Bonchev–Trinajstić information content (AvgIpc) is 2.38. The molecule has 0 atom stereocenters. The first-order valence-corrected chi connectivity index (χ1v) is 6.58. The fourth-order valence-electron chi connectivity index (χ4n) is 1.93. The molecule has 0 aliphatic carbocycles. The van der Waals surface area contributed by atoms with E-state index in [9.17, 15) is 10.1 Å². The Hall–Kier alpha value is -1.42. The van der Waals surface area contributed by atoms with Crippen molar-refractivity contribution in [1.82, 2.24) is 0 Å². The van der Waals surface area contributed by atoms with E-state index in [2.05, 4.69) is 0 Å². The van der Waals surface area contributed by atoms with E-state index in [1.165, 1.54) is 19.3 Å². The third-order valence-corrected chi connectivity index (χ3v) is 3.02. The van der Waals surface area contributed by atoms with Gasteiger partial charge in [-0.05, 0) is 24.8 Å². The zero-order valence-corrected chi connectivity index (χ0v) is 10.7. The highest BCUT2D eigenvalue weighted by atomic mass is 16.6. The lowest BCUT2D eigenvalue weighted by Gasteiger charge is -2.02. The number of hydrogen-bond donors (Lipinski definition) is 1. The maximum Gasteiger partial charge on any atom is 0.269 e. The van der Waals surface area contributed by atoms with E-state index in [0.717, 1.165) is 31.2 Å². The summed E-state index contributed by atoms with van der Waals surface area (Å²) in [6.07, 6.45) is 7.68. The Kier molecular flexibility index (Phi) is 7.03. The predicted molar refractivity (Wildman–Crippen MR) is 71.6 cm³/mol. The monoisotopic (exact) mass is 251 g/mol. The van der Waals surface area contributed by atoms with Gasteiger partial charge in [0.15, 0.2) is 0 Å².